The molecule has 1 amide bonds. The molecule has 0 radical (unpaired) electrons. The number of carbonyl (C=O) groups is 4. The van der Waals surface area contributed by atoms with Crippen molar-refractivity contribution in [3.05, 3.63) is 209 Å². The van der Waals surface area contributed by atoms with E-state index < -0.39 is 5.97 Å². The first-order valence-electron chi connectivity index (χ1n) is 43.8. The van der Waals surface area contributed by atoms with Crippen LogP contribution in [0, 0.1) is 48.5 Å². The molecule has 0 unspecified atom stereocenters. The smallest absolute Gasteiger partial charge is 0.338 e. The Balaban J connectivity index is 0.000000146. The highest BCUT2D eigenvalue weighted by molar-refractivity contribution is 7.21. The third-order valence-electron chi connectivity index (χ3n) is 19.4. The molecule has 42 heteroatoms. The summed E-state index contributed by atoms with van der Waals surface area (Å²) in [5, 5.41) is 36.8. The molecule has 10 N–H and O–H groups in total. The summed E-state index contributed by atoms with van der Waals surface area (Å²) in [6, 6.07) is 27.9. The van der Waals surface area contributed by atoms with Gasteiger partial charge in [0.25, 0.3) is 0 Å². The van der Waals surface area contributed by atoms with Gasteiger partial charge in [-0.15, -0.1) is 79.4 Å². The van der Waals surface area contributed by atoms with Crippen LogP contribution in [0.15, 0.2) is 152 Å². The third kappa shape index (κ3) is 27.2. The van der Waals surface area contributed by atoms with E-state index in [1.807, 2.05) is 96.8 Å². The van der Waals surface area contributed by atoms with Crippen LogP contribution in [0.4, 0.5) is 69.5 Å². The Morgan fingerprint density at radius 2 is 0.659 bits per heavy atom. The van der Waals surface area contributed by atoms with E-state index in [9.17, 15) is 19.2 Å². The first-order valence-corrected chi connectivity index (χ1v) is 52.3. The minimum atomic E-state index is -0.394. The van der Waals surface area contributed by atoms with Crippen LogP contribution in [0.3, 0.4) is 0 Å². The highest BCUT2D eigenvalue weighted by Crippen LogP contribution is 2.44. The van der Waals surface area contributed by atoms with Crippen LogP contribution in [-0.2, 0) is 31.8 Å². The van der Waals surface area contributed by atoms with E-state index in [-0.39, 0.29) is 17.8 Å². The molecule has 0 aliphatic heterocycles. The third-order valence-corrected chi connectivity index (χ3v) is 28.5. The number of hydrogen-bond donors (Lipinski definition) is 8. The number of aryl methyl sites for hydroxylation is 9. The Bertz CT molecular complexity index is 6640. The number of rotatable bonds is 34. The van der Waals surface area contributed by atoms with Crippen molar-refractivity contribution in [3.63, 3.8) is 0 Å². The van der Waals surface area contributed by atoms with Gasteiger partial charge in [0.15, 0.2) is 41.1 Å². The van der Waals surface area contributed by atoms with E-state index in [0.29, 0.717) is 128 Å². The summed E-state index contributed by atoms with van der Waals surface area (Å²) in [7, 11) is 0. The monoisotopic (exact) mass is 2050 g/mol. The number of nitrogens with zero attached hydrogens (tertiary/aromatic N) is 12. The van der Waals surface area contributed by atoms with Crippen LogP contribution >= 0.6 is 113 Å². The lowest BCUT2D eigenvalue weighted by Crippen LogP contribution is -2.06. The van der Waals surface area contributed by atoms with Crippen molar-refractivity contribution in [1.29, 1.82) is 0 Å². The van der Waals surface area contributed by atoms with Gasteiger partial charge < -0.3 is 80.6 Å². The standard InChI is InChI=1S/C20H22N4O4S2.C20H20N4OS2.C19H19N5OS2.C19H21N3O3S2.C18H20N4O3S2/c1-5-27-16-8-7-13(18(26)28-6-2)9-14(16)23-19-24-15(10-29-19)17-11(3)21-20(30-17)22-12(4)25;1-4-5-14-6-7-15(19-21-8-9-25-19)10-16(14)23-20-24-17(11-26-20)18-12(2)22-13(3)27-18;1-3-4-12-5-6-13(17-21-7-8-25-17)9-14(12)23-19-24-15(10-26-19)16-11(2)22-18(20)27-16;1-5-24-16-8-7-13(18(23)25-6-2)9-14(16)21-19-22-15(10-26-19)17-11(3)20-12(4)27-17;1-4-24-14-7-6-11(16(23)25-5-2)8-12(14)21-18-22-13(9-26-18)15-10(3)20-17(19)27-15/h7-10H,5-6H2,1-4H3,(H,23,24)(H,21,22,25);6-11H,4-5H2,1-3H3,(H,23,24);5-10H,3-4H2,1-2H3,(H2,20,22)(H,23,24);7-10H,5-6H2,1-4H3,(H,21,22);6-9H,4-5H2,1-3H3,(H2,19,20)(H,21,22). The Kier molecular flexibility index (Phi) is 36.4. The lowest BCUT2D eigenvalue weighted by Gasteiger charge is -2.12. The topological polar surface area (TPSA) is 429 Å². The number of benzene rings is 5. The Labute approximate surface area is 837 Å². The second kappa shape index (κ2) is 49.1. The molecular formula is C96H102N20O12S10. The summed E-state index contributed by atoms with van der Waals surface area (Å²) in [5.74, 6) is 1.85. The van der Waals surface area contributed by atoms with Crippen molar-refractivity contribution < 1.29 is 56.4 Å². The second-order valence-corrected chi connectivity index (χ2v) is 39.4. The van der Waals surface area contributed by atoms with Crippen LogP contribution in [0.1, 0.15) is 156 Å². The largest absolute Gasteiger partial charge is 0.492 e. The maximum atomic E-state index is 12.1. The number of carbonyl (C=O) groups excluding carboxylic acids is 4. The number of amides is 1. The first kappa shape index (κ1) is 102. The molecule has 0 spiro atoms. The van der Waals surface area contributed by atoms with E-state index in [0.717, 1.165) is 155 Å². The van der Waals surface area contributed by atoms with Crippen molar-refractivity contribution >= 4 is 207 Å². The van der Waals surface area contributed by atoms with Crippen LogP contribution in [0.25, 0.3) is 75.8 Å². The van der Waals surface area contributed by atoms with Crippen molar-refractivity contribution in [3.8, 4) is 93.0 Å². The summed E-state index contributed by atoms with van der Waals surface area (Å²) >= 11 is 15.1. The van der Waals surface area contributed by atoms with Crippen molar-refractivity contribution in [2.24, 2.45) is 0 Å². The van der Waals surface area contributed by atoms with Crippen molar-refractivity contribution in [2.75, 3.05) is 83.0 Å². The van der Waals surface area contributed by atoms with Gasteiger partial charge in [0.1, 0.15) is 29.8 Å². The van der Waals surface area contributed by atoms with Gasteiger partial charge >= 0.3 is 17.9 Å². The van der Waals surface area contributed by atoms with Crippen LogP contribution in [-0.4, -0.2) is 123 Å². The predicted octanol–water partition coefficient (Wildman–Crippen LogP) is 26.3. The van der Waals surface area contributed by atoms with Crippen molar-refractivity contribution in [2.45, 2.75) is 136 Å². The number of nitrogens with one attached hydrogen (secondary N) is 6. The molecule has 12 heterocycles. The zero-order valence-electron chi connectivity index (χ0n) is 78.4. The van der Waals surface area contributed by atoms with Gasteiger partial charge in [-0.1, -0.05) is 72.8 Å². The SMILES string of the molecule is CCCc1ccc(-c2ncco2)cc1Nc1nc(-c2sc(C)nc2C)cs1.CCCc1ccc(-c2ncco2)cc1Nc1nc(-c2sc(N)nc2C)cs1.CCOC(=O)c1ccc(OCC)c(Nc2nc(-c3sc(C)nc3C)cs2)c1.CCOC(=O)c1ccc(OCC)c(Nc2nc(-c3sc(N)nc3C)cs2)c1.CCOC(=O)c1ccc(OCC)c(Nc2nc(-c3sc(NC(C)=O)nc3C)cs2)c1. The lowest BCUT2D eigenvalue weighted by molar-refractivity contribution is -0.114. The van der Waals surface area contributed by atoms with E-state index in [2.05, 4.69) is 131 Å². The molecule has 17 aromatic rings. The molecule has 0 bridgehead atoms. The molecule has 0 aliphatic carbocycles. The molecule has 718 valence electrons. The molecule has 0 aliphatic rings. The minimum Gasteiger partial charge on any atom is -0.492 e. The lowest BCUT2D eigenvalue weighted by atomic mass is 10.0. The van der Waals surface area contributed by atoms with Crippen LogP contribution < -0.4 is 57.6 Å². The summed E-state index contributed by atoms with van der Waals surface area (Å²) in [5.41, 5.74) is 30.3. The number of esters is 3. The van der Waals surface area contributed by atoms with E-state index in [4.69, 9.17) is 58.7 Å². The fraction of sp³-hybridized carbons (Fsp3) is 0.271. The number of thiazole rings is 10. The quantitative estimate of drug-likeness (QED) is 0.0137. The van der Waals surface area contributed by atoms with Gasteiger partial charge in [-0.2, -0.15) is 0 Å². The molecule has 0 saturated heterocycles. The summed E-state index contributed by atoms with van der Waals surface area (Å²) in [6.07, 6.45) is 10.6. The van der Waals surface area contributed by atoms with Crippen molar-refractivity contribution in [1.82, 2.24) is 59.8 Å². The fourth-order valence-electron chi connectivity index (χ4n) is 13.5. The van der Waals surface area contributed by atoms with E-state index in [1.54, 1.807) is 146 Å². The van der Waals surface area contributed by atoms with Gasteiger partial charge in [0, 0.05) is 56.3 Å². The number of nitrogen functional groups attached to an aromatic ring is 2. The van der Waals surface area contributed by atoms with Gasteiger partial charge in [-0.3, -0.25) is 4.79 Å². The highest BCUT2D eigenvalue weighted by atomic mass is 32.1. The Hall–Kier alpha value is -13.3. The average Bonchev–Trinajstić information content (AvgIpc) is 1.64. The van der Waals surface area contributed by atoms with Gasteiger partial charge in [-0.05, 0) is 193 Å². The summed E-state index contributed by atoms with van der Waals surface area (Å²) in [6.45, 7) is 33.1. The number of ether oxygens (including phenoxy) is 6. The molecule has 138 heavy (non-hydrogen) atoms. The fourth-order valence-corrected chi connectivity index (χ4v) is 21.8. The Morgan fingerprint density at radius 3 is 0.935 bits per heavy atom. The molecular weight excluding hydrogens is 1950 g/mol. The maximum Gasteiger partial charge on any atom is 0.338 e. The zero-order valence-corrected chi connectivity index (χ0v) is 86.6. The van der Waals surface area contributed by atoms with Crippen LogP contribution in [0.2, 0.25) is 0 Å². The average molecular weight is 2050 g/mol. The molecule has 0 atom stereocenters. The minimum absolute atomic E-state index is 0.166. The summed E-state index contributed by atoms with van der Waals surface area (Å²) < 4.78 is 43.1. The van der Waals surface area contributed by atoms with Gasteiger partial charge in [0.05, 0.1) is 177 Å². The van der Waals surface area contributed by atoms with E-state index >= 15 is 0 Å². The molecule has 12 aromatic heterocycles. The predicted molar refractivity (Wildman–Crippen MR) is 561 cm³/mol. The maximum absolute atomic E-state index is 12.1. The van der Waals surface area contributed by atoms with Crippen LogP contribution in [0.5, 0.6) is 17.2 Å². The molecule has 5 aromatic carbocycles. The number of nitrogens with two attached hydrogens (primary N) is 2. The van der Waals surface area contributed by atoms with E-state index in [1.165, 1.54) is 86.1 Å². The normalized spacial score (nSPS) is 10.8. The first-order chi connectivity index (χ1) is 66.7. The number of hydrogen-bond acceptors (Lipinski definition) is 41. The van der Waals surface area contributed by atoms with Gasteiger partial charge in [0.2, 0.25) is 17.7 Å². The number of oxazole rings is 2. The second-order valence-electron chi connectivity index (χ2n) is 29.7. The summed E-state index contributed by atoms with van der Waals surface area (Å²) in [4.78, 5) is 106. The zero-order chi connectivity index (χ0) is 98.1. The molecule has 0 saturated carbocycles. The Morgan fingerprint density at radius 1 is 0.348 bits per heavy atom. The molecule has 17 rings (SSSR count). The molecule has 0 fully saturated rings. The number of anilines is 13. The number of aromatic nitrogens is 12. The molecule has 32 nitrogen and oxygen atoms in total. The van der Waals surface area contributed by atoms with Gasteiger partial charge in [-0.25, -0.2) is 74.2 Å². The highest BCUT2D eigenvalue weighted by Gasteiger charge is 2.24.